The zero-order chi connectivity index (χ0) is 11.3. The number of benzene rings is 1. The third-order valence-corrected chi connectivity index (χ3v) is 2.88. The van der Waals surface area contributed by atoms with Gasteiger partial charge in [0, 0.05) is 11.0 Å². The molecule has 0 heterocycles. The van der Waals surface area contributed by atoms with Crippen LogP contribution in [0.15, 0.2) is 22.7 Å². The van der Waals surface area contributed by atoms with Crippen molar-refractivity contribution in [2.45, 2.75) is 6.42 Å². The summed E-state index contributed by atoms with van der Waals surface area (Å²) in [6, 6.07) is 5.04. The smallest absolute Gasteiger partial charge is 0.234 e. The fraction of sp³-hybridized carbons (Fsp3) is 0.300. The highest BCUT2D eigenvalue weighted by molar-refractivity contribution is 9.10. The summed E-state index contributed by atoms with van der Waals surface area (Å²) >= 11 is 8.69. The maximum absolute atomic E-state index is 10.8. The number of hydrogen-bond acceptors (Lipinski definition) is 2. The molecule has 0 aliphatic carbocycles. The first-order valence-electron chi connectivity index (χ1n) is 4.43. The molecule has 0 aliphatic heterocycles. The Kier molecular flexibility index (Phi) is 4.91. The van der Waals surface area contributed by atoms with Gasteiger partial charge in [-0.3, -0.25) is 4.79 Å². The van der Waals surface area contributed by atoms with Gasteiger partial charge < -0.3 is 10.4 Å². The van der Waals surface area contributed by atoms with Crippen molar-refractivity contribution in [3.05, 3.63) is 28.2 Å². The molecule has 0 radical (unpaired) electrons. The van der Waals surface area contributed by atoms with E-state index < -0.39 is 0 Å². The number of aromatic hydroxyl groups is 1. The van der Waals surface area contributed by atoms with Gasteiger partial charge in [0.25, 0.3) is 0 Å². The summed E-state index contributed by atoms with van der Waals surface area (Å²) < 4.78 is 0.917. The molecule has 1 amide bonds. The first-order chi connectivity index (χ1) is 7.13. The van der Waals surface area contributed by atoms with Crippen LogP contribution in [0.25, 0.3) is 0 Å². The van der Waals surface area contributed by atoms with E-state index >= 15 is 0 Å². The van der Waals surface area contributed by atoms with E-state index in [0.29, 0.717) is 13.0 Å². The lowest BCUT2D eigenvalue weighted by Crippen LogP contribution is -2.26. The zero-order valence-electron chi connectivity index (χ0n) is 7.96. The van der Waals surface area contributed by atoms with Crippen LogP contribution >= 0.6 is 27.5 Å². The fourth-order valence-electron chi connectivity index (χ4n) is 1.14. The molecule has 0 atom stereocenters. The fourth-order valence-corrected chi connectivity index (χ4v) is 1.68. The van der Waals surface area contributed by atoms with E-state index in [1.165, 1.54) is 0 Å². The Bertz CT molecular complexity index is 357. The number of halogens is 2. The molecule has 0 unspecified atom stereocenters. The van der Waals surface area contributed by atoms with Crippen molar-refractivity contribution in [1.82, 2.24) is 5.32 Å². The minimum Gasteiger partial charge on any atom is -0.508 e. The van der Waals surface area contributed by atoms with E-state index in [2.05, 4.69) is 21.2 Å². The van der Waals surface area contributed by atoms with E-state index in [-0.39, 0.29) is 17.5 Å². The van der Waals surface area contributed by atoms with Gasteiger partial charge in [-0.25, -0.2) is 0 Å². The highest BCUT2D eigenvalue weighted by atomic mass is 79.9. The third-order valence-electron chi connectivity index (χ3n) is 1.87. The van der Waals surface area contributed by atoms with Gasteiger partial charge in [0.05, 0.1) is 0 Å². The van der Waals surface area contributed by atoms with Crippen LogP contribution in [-0.4, -0.2) is 23.4 Å². The molecule has 0 spiro atoms. The van der Waals surface area contributed by atoms with Gasteiger partial charge in [-0.15, -0.1) is 11.6 Å². The van der Waals surface area contributed by atoms with Crippen LogP contribution in [0.1, 0.15) is 5.56 Å². The Morgan fingerprint density at radius 2 is 2.27 bits per heavy atom. The largest absolute Gasteiger partial charge is 0.508 e. The first kappa shape index (κ1) is 12.3. The summed E-state index contributed by atoms with van der Waals surface area (Å²) in [7, 11) is 0. The summed E-state index contributed by atoms with van der Waals surface area (Å²) in [4.78, 5) is 10.8. The minimum atomic E-state index is -0.187. The summed E-state index contributed by atoms with van der Waals surface area (Å²) in [6.07, 6.45) is 0.650. The van der Waals surface area contributed by atoms with Crippen LogP contribution in [0.3, 0.4) is 0 Å². The standard InChI is InChI=1S/C10H11BrClNO2/c11-9-2-1-8(14)5-7(9)3-4-13-10(15)6-12/h1-2,5,14H,3-4,6H2,(H,13,15). The van der Waals surface area contributed by atoms with Crippen molar-refractivity contribution >= 4 is 33.4 Å². The summed E-state index contributed by atoms with van der Waals surface area (Å²) in [5, 5.41) is 11.9. The Labute approximate surface area is 102 Å². The van der Waals surface area contributed by atoms with Crippen molar-refractivity contribution in [2.75, 3.05) is 12.4 Å². The molecule has 0 saturated heterocycles. The normalized spacial score (nSPS) is 10.0. The molecule has 0 bridgehead atoms. The summed E-state index contributed by atoms with van der Waals surface area (Å²) in [6.45, 7) is 0.508. The molecule has 0 fully saturated rings. The molecule has 1 rings (SSSR count). The number of nitrogens with one attached hydrogen (secondary N) is 1. The van der Waals surface area contributed by atoms with Gasteiger partial charge in [-0.2, -0.15) is 0 Å². The Morgan fingerprint density at radius 1 is 1.53 bits per heavy atom. The lowest BCUT2D eigenvalue weighted by atomic mass is 10.1. The van der Waals surface area contributed by atoms with Gasteiger partial charge in [0.2, 0.25) is 5.91 Å². The van der Waals surface area contributed by atoms with Crippen LogP contribution in [0.5, 0.6) is 5.75 Å². The first-order valence-corrected chi connectivity index (χ1v) is 5.76. The van der Waals surface area contributed by atoms with E-state index in [4.69, 9.17) is 11.6 Å². The second-order valence-corrected chi connectivity index (χ2v) is 4.13. The van der Waals surface area contributed by atoms with Crippen LogP contribution in [-0.2, 0) is 11.2 Å². The number of phenolic OH excluding ortho intramolecular Hbond substituents is 1. The van der Waals surface area contributed by atoms with Crippen molar-refractivity contribution in [3.63, 3.8) is 0 Å². The number of rotatable bonds is 4. The molecule has 3 nitrogen and oxygen atoms in total. The van der Waals surface area contributed by atoms with E-state index in [9.17, 15) is 9.90 Å². The molecule has 0 saturated carbocycles. The molecule has 1 aromatic carbocycles. The maximum atomic E-state index is 10.8. The van der Waals surface area contributed by atoms with Gasteiger partial charge in [0.1, 0.15) is 11.6 Å². The predicted molar refractivity (Wildman–Crippen MR) is 63.2 cm³/mol. The van der Waals surface area contributed by atoms with E-state index in [1.54, 1.807) is 18.2 Å². The highest BCUT2D eigenvalue weighted by Crippen LogP contribution is 2.21. The Hall–Kier alpha value is -0.740. The third kappa shape index (κ3) is 4.10. The van der Waals surface area contributed by atoms with Gasteiger partial charge in [-0.1, -0.05) is 15.9 Å². The Balaban J connectivity index is 2.50. The molecule has 82 valence electrons. The minimum absolute atomic E-state index is 0.0266. The summed E-state index contributed by atoms with van der Waals surface area (Å²) in [5.74, 6) is 0.00566. The van der Waals surface area contributed by atoms with Crippen molar-refractivity contribution < 1.29 is 9.90 Å². The molecular weight excluding hydrogens is 281 g/mol. The highest BCUT2D eigenvalue weighted by Gasteiger charge is 2.02. The van der Waals surface area contributed by atoms with Crippen molar-refractivity contribution in [1.29, 1.82) is 0 Å². The number of carbonyl (C=O) groups excluding carboxylic acids is 1. The molecule has 2 N–H and O–H groups in total. The molecule has 1 aromatic rings. The maximum Gasteiger partial charge on any atom is 0.234 e. The average Bonchev–Trinajstić information content (AvgIpc) is 2.23. The van der Waals surface area contributed by atoms with Crippen molar-refractivity contribution in [3.8, 4) is 5.75 Å². The van der Waals surface area contributed by atoms with Gasteiger partial charge >= 0.3 is 0 Å². The van der Waals surface area contributed by atoms with E-state index in [1.807, 2.05) is 0 Å². The van der Waals surface area contributed by atoms with Crippen LogP contribution < -0.4 is 5.32 Å². The van der Waals surface area contributed by atoms with Crippen LogP contribution in [0.2, 0.25) is 0 Å². The Morgan fingerprint density at radius 3 is 2.93 bits per heavy atom. The molecule has 5 heteroatoms. The average molecular weight is 293 g/mol. The second kappa shape index (κ2) is 5.98. The SMILES string of the molecule is O=C(CCl)NCCc1cc(O)ccc1Br. The monoisotopic (exact) mass is 291 g/mol. The van der Waals surface area contributed by atoms with Gasteiger partial charge in [0.15, 0.2) is 0 Å². The van der Waals surface area contributed by atoms with Crippen LogP contribution in [0, 0.1) is 0 Å². The number of alkyl halides is 1. The van der Waals surface area contributed by atoms with Crippen LogP contribution in [0.4, 0.5) is 0 Å². The van der Waals surface area contributed by atoms with E-state index in [0.717, 1.165) is 10.0 Å². The topological polar surface area (TPSA) is 49.3 Å². The van der Waals surface area contributed by atoms with Crippen molar-refractivity contribution in [2.24, 2.45) is 0 Å². The molecular formula is C10H11BrClNO2. The number of hydrogen-bond donors (Lipinski definition) is 2. The zero-order valence-corrected chi connectivity index (χ0v) is 10.3. The molecule has 0 aromatic heterocycles. The molecule has 0 aliphatic rings. The van der Waals surface area contributed by atoms with Gasteiger partial charge in [-0.05, 0) is 30.2 Å². The lowest BCUT2D eigenvalue weighted by Gasteiger charge is -2.06. The summed E-state index contributed by atoms with van der Waals surface area (Å²) in [5.41, 5.74) is 0.949. The molecule has 15 heavy (non-hydrogen) atoms. The quantitative estimate of drug-likeness (QED) is 0.835. The second-order valence-electron chi connectivity index (χ2n) is 3.01. The predicted octanol–water partition coefficient (Wildman–Crippen LogP) is 2.05. The number of amides is 1. The lowest BCUT2D eigenvalue weighted by molar-refractivity contribution is -0.118. The number of carbonyl (C=O) groups is 1. The number of phenols is 1.